The van der Waals surface area contributed by atoms with Gasteiger partial charge in [0, 0.05) is 25.2 Å². The van der Waals surface area contributed by atoms with Crippen LogP contribution >= 0.6 is 11.8 Å². The first-order valence-corrected chi connectivity index (χ1v) is 7.92. The molecule has 2 rings (SSSR count). The molecule has 1 aromatic carbocycles. The molecule has 0 aromatic heterocycles. The first-order valence-electron chi connectivity index (χ1n) is 6.77. The van der Waals surface area contributed by atoms with Gasteiger partial charge in [0.1, 0.15) is 12.4 Å². The van der Waals surface area contributed by atoms with Gasteiger partial charge in [-0.3, -0.25) is 9.69 Å². The van der Waals surface area contributed by atoms with Crippen LogP contribution in [-0.4, -0.2) is 62.1 Å². The second-order valence-corrected chi connectivity index (χ2v) is 5.92. The largest absolute Gasteiger partial charge is 0.490 e. The number of ether oxygens (including phenoxy) is 2. The lowest BCUT2D eigenvalue weighted by atomic mass is 10.0. The normalized spacial score (nSPS) is 19.8. The Bertz CT molecular complexity index is 452. The van der Waals surface area contributed by atoms with Gasteiger partial charge in [-0.15, -0.1) is 0 Å². The van der Waals surface area contributed by atoms with Crippen LogP contribution in [0.25, 0.3) is 0 Å². The lowest BCUT2D eigenvalue weighted by Crippen LogP contribution is -2.44. The molecule has 0 amide bonds. The molecule has 4 nitrogen and oxygen atoms in total. The molecule has 0 N–H and O–H groups in total. The monoisotopic (exact) mass is 295 g/mol. The third-order valence-corrected chi connectivity index (χ3v) is 4.42. The third kappa shape index (κ3) is 3.75. The van der Waals surface area contributed by atoms with Gasteiger partial charge in [-0.2, -0.15) is 11.8 Å². The summed E-state index contributed by atoms with van der Waals surface area (Å²) >= 11 is 1.83. The standard InChI is InChI=1S/C15H21NO3S/c1-16-7-10-20-11-13(16)15(17)12-5-3-4-6-14(12)19-9-8-18-2/h3-6,13H,7-11H2,1-2H3. The zero-order chi connectivity index (χ0) is 14.4. The Morgan fingerprint density at radius 3 is 2.95 bits per heavy atom. The maximum atomic E-state index is 12.7. The van der Waals surface area contributed by atoms with E-state index in [0.717, 1.165) is 18.1 Å². The highest BCUT2D eigenvalue weighted by Crippen LogP contribution is 2.24. The summed E-state index contributed by atoms with van der Waals surface area (Å²) in [5.74, 6) is 2.74. The number of hydrogen-bond donors (Lipinski definition) is 0. The van der Waals surface area contributed by atoms with Crippen LogP contribution in [0.2, 0.25) is 0 Å². The highest BCUT2D eigenvalue weighted by Gasteiger charge is 2.28. The average Bonchev–Trinajstić information content (AvgIpc) is 2.48. The van der Waals surface area contributed by atoms with E-state index in [9.17, 15) is 4.79 Å². The van der Waals surface area contributed by atoms with Crippen LogP contribution in [0, 0.1) is 0 Å². The number of thioether (sulfide) groups is 1. The van der Waals surface area contributed by atoms with Crippen molar-refractivity contribution < 1.29 is 14.3 Å². The number of Topliss-reactive ketones (excluding diaryl/α,β-unsaturated/α-hetero) is 1. The van der Waals surface area contributed by atoms with E-state index in [1.165, 1.54) is 0 Å². The molecule has 1 heterocycles. The molecule has 1 aliphatic rings. The number of carbonyl (C=O) groups is 1. The third-order valence-electron chi connectivity index (χ3n) is 3.40. The van der Waals surface area contributed by atoms with Crippen molar-refractivity contribution in [3.05, 3.63) is 29.8 Å². The van der Waals surface area contributed by atoms with E-state index < -0.39 is 0 Å². The minimum Gasteiger partial charge on any atom is -0.490 e. The molecule has 1 saturated heterocycles. The fraction of sp³-hybridized carbons (Fsp3) is 0.533. The van der Waals surface area contributed by atoms with Crippen LogP contribution in [0.4, 0.5) is 0 Å². The van der Waals surface area contributed by atoms with E-state index in [4.69, 9.17) is 9.47 Å². The van der Waals surface area contributed by atoms with Gasteiger partial charge in [0.15, 0.2) is 5.78 Å². The van der Waals surface area contributed by atoms with Crippen molar-refractivity contribution in [2.45, 2.75) is 6.04 Å². The van der Waals surface area contributed by atoms with Gasteiger partial charge in [0.05, 0.1) is 18.2 Å². The van der Waals surface area contributed by atoms with Crippen molar-refractivity contribution in [2.75, 3.05) is 45.4 Å². The second-order valence-electron chi connectivity index (χ2n) is 4.77. The fourth-order valence-electron chi connectivity index (χ4n) is 2.17. The maximum Gasteiger partial charge on any atom is 0.184 e. The minimum atomic E-state index is -0.0547. The number of ketones is 1. The summed E-state index contributed by atoms with van der Waals surface area (Å²) in [4.78, 5) is 14.8. The molecule has 1 atom stereocenters. The Morgan fingerprint density at radius 1 is 1.40 bits per heavy atom. The van der Waals surface area contributed by atoms with Crippen molar-refractivity contribution in [1.82, 2.24) is 4.90 Å². The maximum absolute atomic E-state index is 12.7. The van der Waals surface area contributed by atoms with Crippen LogP contribution in [0.5, 0.6) is 5.75 Å². The molecular formula is C15H21NO3S. The molecule has 20 heavy (non-hydrogen) atoms. The molecular weight excluding hydrogens is 274 g/mol. The molecule has 0 bridgehead atoms. The summed E-state index contributed by atoms with van der Waals surface area (Å²) in [6.45, 7) is 1.92. The Labute approximate surface area is 124 Å². The summed E-state index contributed by atoms with van der Waals surface area (Å²) in [6.07, 6.45) is 0. The van der Waals surface area contributed by atoms with E-state index >= 15 is 0 Å². The van der Waals surface area contributed by atoms with Crippen molar-refractivity contribution >= 4 is 17.5 Å². The summed E-state index contributed by atoms with van der Waals surface area (Å²) < 4.78 is 10.6. The highest BCUT2D eigenvalue weighted by molar-refractivity contribution is 7.99. The molecule has 110 valence electrons. The number of likely N-dealkylation sites (N-methyl/N-ethyl adjacent to an activating group) is 1. The molecule has 1 fully saturated rings. The van der Waals surface area contributed by atoms with E-state index in [-0.39, 0.29) is 11.8 Å². The van der Waals surface area contributed by atoms with E-state index in [1.807, 2.05) is 43.1 Å². The van der Waals surface area contributed by atoms with E-state index in [2.05, 4.69) is 4.90 Å². The molecule has 0 radical (unpaired) electrons. The predicted molar refractivity (Wildman–Crippen MR) is 81.9 cm³/mol. The Morgan fingerprint density at radius 2 is 2.20 bits per heavy atom. The smallest absolute Gasteiger partial charge is 0.184 e. The second kappa shape index (κ2) is 7.67. The van der Waals surface area contributed by atoms with Crippen molar-refractivity contribution in [3.63, 3.8) is 0 Å². The van der Waals surface area contributed by atoms with Gasteiger partial charge in [-0.05, 0) is 19.2 Å². The van der Waals surface area contributed by atoms with Gasteiger partial charge < -0.3 is 9.47 Å². The SMILES string of the molecule is COCCOc1ccccc1C(=O)C1CSCCN1C. The number of nitrogens with zero attached hydrogens (tertiary/aromatic N) is 1. The Kier molecular flexibility index (Phi) is 5.88. The van der Waals surface area contributed by atoms with Crippen LogP contribution in [0.3, 0.4) is 0 Å². The van der Waals surface area contributed by atoms with Crippen molar-refractivity contribution in [3.8, 4) is 5.75 Å². The number of hydrogen-bond acceptors (Lipinski definition) is 5. The average molecular weight is 295 g/mol. The van der Waals surface area contributed by atoms with E-state index in [1.54, 1.807) is 7.11 Å². The van der Waals surface area contributed by atoms with Crippen LogP contribution in [-0.2, 0) is 4.74 Å². The minimum absolute atomic E-state index is 0.0547. The summed E-state index contributed by atoms with van der Waals surface area (Å²) in [5, 5.41) is 0. The van der Waals surface area contributed by atoms with Gasteiger partial charge in [0.2, 0.25) is 0 Å². The summed E-state index contributed by atoms with van der Waals surface area (Å²) in [6, 6.07) is 7.40. The molecule has 0 aliphatic carbocycles. The fourth-order valence-corrected chi connectivity index (χ4v) is 3.39. The van der Waals surface area contributed by atoms with Gasteiger partial charge >= 0.3 is 0 Å². The number of benzene rings is 1. The molecule has 1 aliphatic heterocycles. The molecule has 5 heteroatoms. The first kappa shape index (κ1) is 15.4. The zero-order valence-electron chi connectivity index (χ0n) is 12.0. The molecule has 1 unspecified atom stereocenters. The first-order chi connectivity index (χ1) is 9.74. The van der Waals surface area contributed by atoms with Gasteiger partial charge in [-0.25, -0.2) is 0 Å². The quantitative estimate of drug-likeness (QED) is 0.592. The molecule has 1 aromatic rings. The van der Waals surface area contributed by atoms with Crippen LogP contribution in [0.15, 0.2) is 24.3 Å². The lowest BCUT2D eigenvalue weighted by molar-refractivity contribution is 0.0867. The van der Waals surface area contributed by atoms with E-state index in [0.29, 0.717) is 24.5 Å². The predicted octanol–water partition coefficient (Wildman–Crippen LogP) is 1.94. The van der Waals surface area contributed by atoms with Crippen molar-refractivity contribution in [1.29, 1.82) is 0 Å². The number of para-hydroxylation sites is 1. The van der Waals surface area contributed by atoms with Crippen LogP contribution in [0.1, 0.15) is 10.4 Å². The van der Waals surface area contributed by atoms with Crippen LogP contribution < -0.4 is 4.74 Å². The number of rotatable bonds is 6. The zero-order valence-corrected chi connectivity index (χ0v) is 12.8. The van der Waals surface area contributed by atoms with Crippen molar-refractivity contribution in [2.24, 2.45) is 0 Å². The number of carbonyl (C=O) groups excluding carboxylic acids is 1. The lowest BCUT2D eigenvalue weighted by Gasteiger charge is -2.31. The molecule has 0 spiro atoms. The number of methoxy groups -OCH3 is 1. The topological polar surface area (TPSA) is 38.8 Å². The Hall–Kier alpha value is -1.04. The van der Waals surface area contributed by atoms with Gasteiger partial charge in [0.25, 0.3) is 0 Å². The van der Waals surface area contributed by atoms with Gasteiger partial charge in [-0.1, -0.05) is 12.1 Å². The highest BCUT2D eigenvalue weighted by atomic mass is 32.2. The summed E-state index contributed by atoms with van der Waals surface area (Å²) in [7, 11) is 3.64. The Balaban J connectivity index is 2.12. The molecule has 0 saturated carbocycles. The summed E-state index contributed by atoms with van der Waals surface area (Å²) in [5.41, 5.74) is 0.669.